The molecule has 0 radical (unpaired) electrons. The molecule has 0 spiro atoms. The number of carbonyl (C=O) groups is 1. The van der Waals surface area contributed by atoms with Gasteiger partial charge in [-0.1, -0.05) is 47.1 Å². The molecule has 1 amide bonds. The molecule has 154 valence electrons. The lowest BCUT2D eigenvalue weighted by atomic mass is 9.98. The first-order valence-electron chi connectivity index (χ1n) is 9.92. The maximum absolute atomic E-state index is 13.9. The molecule has 5 rings (SSSR count). The molecule has 0 N–H and O–H groups in total. The molecule has 0 saturated carbocycles. The van der Waals surface area contributed by atoms with Gasteiger partial charge in [0.15, 0.2) is 5.43 Å². The number of aryl methyl sites for hydroxylation is 1. The average molecular weight is 478 g/mol. The third-order valence-electron chi connectivity index (χ3n) is 5.64. The highest BCUT2D eigenvalue weighted by Crippen LogP contribution is 2.41. The maximum Gasteiger partial charge on any atom is 0.295 e. The second kappa shape index (κ2) is 7.46. The highest BCUT2D eigenvalue weighted by molar-refractivity contribution is 9.10. The molecule has 0 fully saturated rings. The van der Waals surface area contributed by atoms with Crippen molar-refractivity contribution in [1.29, 1.82) is 0 Å². The Hall–Kier alpha value is -3.25. The number of halogens is 2. The normalized spacial score (nSPS) is 15.5. The Bertz CT molecular complexity index is 1380. The Kier molecular flexibility index (Phi) is 4.74. The van der Waals surface area contributed by atoms with E-state index in [4.69, 9.17) is 4.42 Å². The Morgan fingerprint density at radius 3 is 2.39 bits per heavy atom. The van der Waals surface area contributed by atoms with Crippen molar-refractivity contribution in [2.24, 2.45) is 0 Å². The number of fused-ring (bicyclic) bond motifs is 2. The first-order chi connectivity index (χ1) is 15.0. The first kappa shape index (κ1) is 19.7. The molecule has 1 aliphatic rings. The lowest BCUT2D eigenvalue weighted by Gasteiger charge is -2.25. The highest BCUT2D eigenvalue weighted by Gasteiger charge is 2.43. The van der Waals surface area contributed by atoms with Gasteiger partial charge in [0.2, 0.25) is 5.76 Å². The number of hydrogen-bond acceptors (Lipinski definition) is 3. The summed E-state index contributed by atoms with van der Waals surface area (Å²) in [6.07, 6.45) is 0.877. The zero-order chi connectivity index (χ0) is 21.7. The van der Waals surface area contributed by atoms with E-state index < -0.39 is 23.2 Å². The summed E-state index contributed by atoms with van der Waals surface area (Å²) >= 11 is 3.43. The van der Waals surface area contributed by atoms with Crippen molar-refractivity contribution in [2.75, 3.05) is 4.90 Å². The Balaban J connectivity index is 1.78. The van der Waals surface area contributed by atoms with Crippen LogP contribution in [0.2, 0.25) is 0 Å². The van der Waals surface area contributed by atoms with Crippen molar-refractivity contribution in [3.8, 4) is 0 Å². The van der Waals surface area contributed by atoms with Gasteiger partial charge < -0.3 is 4.42 Å². The molecule has 0 aliphatic carbocycles. The number of rotatable bonds is 3. The molecule has 1 aliphatic heterocycles. The fourth-order valence-electron chi connectivity index (χ4n) is 4.06. The van der Waals surface area contributed by atoms with Crippen molar-refractivity contribution < 1.29 is 13.6 Å². The van der Waals surface area contributed by atoms with E-state index in [0.717, 1.165) is 28.1 Å². The van der Waals surface area contributed by atoms with Gasteiger partial charge in [-0.05, 0) is 60.0 Å². The molecule has 1 unspecified atom stereocenters. The second-order valence-electron chi connectivity index (χ2n) is 7.46. The van der Waals surface area contributed by atoms with Gasteiger partial charge in [-0.3, -0.25) is 14.5 Å². The van der Waals surface area contributed by atoms with E-state index in [9.17, 15) is 14.0 Å². The number of carbonyl (C=O) groups excluding carboxylic acids is 1. The zero-order valence-electron chi connectivity index (χ0n) is 16.6. The quantitative estimate of drug-likeness (QED) is 0.363. The maximum atomic E-state index is 13.9. The largest absolute Gasteiger partial charge is 0.450 e. The molecular formula is C25H17BrFNO3. The van der Waals surface area contributed by atoms with E-state index >= 15 is 0 Å². The van der Waals surface area contributed by atoms with Crippen molar-refractivity contribution in [3.05, 3.63) is 110 Å². The average Bonchev–Trinajstić information content (AvgIpc) is 3.07. The summed E-state index contributed by atoms with van der Waals surface area (Å²) in [5, 5.41) is 0.122. The minimum absolute atomic E-state index is 0.00315. The van der Waals surface area contributed by atoms with Gasteiger partial charge >= 0.3 is 0 Å². The third-order valence-corrected chi connectivity index (χ3v) is 6.17. The van der Waals surface area contributed by atoms with Gasteiger partial charge in [-0.2, -0.15) is 0 Å². The molecule has 2 heterocycles. The van der Waals surface area contributed by atoms with E-state index in [0.29, 0.717) is 5.69 Å². The third kappa shape index (κ3) is 3.18. The molecule has 0 saturated heterocycles. The van der Waals surface area contributed by atoms with Crippen LogP contribution in [0, 0.1) is 5.82 Å². The summed E-state index contributed by atoms with van der Waals surface area (Å²) < 4.78 is 20.6. The van der Waals surface area contributed by atoms with Gasteiger partial charge in [0.25, 0.3) is 5.91 Å². The smallest absolute Gasteiger partial charge is 0.295 e. The van der Waals surface area contributed by atoms with Crippen molar-refractivity contribution in [1.82, 2.24) is 0 Å². The lowest BCUT2D eigenvalue weighted by molar-refractivity contribution is 0.0971. The predicted molar refractivity (Wildman–Crippen MR) is 121 cm³/mol. The molecule has 6 heteroatoms. The molecular weight excluding hydrogens is 461 g/mol. The molecule has 4 nitrogen and oxygen atoms in total. The molecule has 1 aromatic heterocycles. The molecule has 31 heavy (non-hydrogen) atoms. The van der Waals surface area contributed by atoms with Gasteiger partial charge in [0, 0.05) is 10.2 Å². The summed E-state index contributed by atoms with van der Waals surface area (Å²) in [5.74, 6) is -0.927. The van der Waals surface area contributed by atoms with Gasteiger partial charge in [0.05, 0.1) is 17.0 Å². The summed E-state index contributed by atoms with van der Waals surface area (Å²) in [7, 11) is 0. The van der Waals surface area contributed by atoms with E-state index in [1.807, 2.05) is 48.5 Å². The van der Waals surface area contributed by atoms with Gasteiger partial charge in [0.1, 0.15) is 11.4 Å². The van der Waals surface area contributed by atoms with Crippen LogP contribution < -0.4 is 10.3 Å². The fourth-order valence-corrected chi connectivity index (χ4v) is 4.33. The van der Waals surface area contributed by atoms with Gasteiger partial charge in [-0.25, -0.2) is 4.39 Å². The van der Waals surface area contributed by atoms with Gasteiger partial charge in [-0.15, -0.1) is 0 Å². The van der Waals surface area contributed by atoms with E-state index in [2.05, 4.69) is 22.9 Å². The molecule has 4 aromatic rings. The first-order valence-corrected chi connectivity index (χ1v) is 10.7. The minimum atomic E-state index is -0.674. The van der Waals surface area contributed by atoms with Crippen LogP contribution in [0.15, 0.2) is 80.4 Å². The zero-order valence-corrected chi connectivity index (χ0v) is 18.1. The Labute approximate surface area is 186 Å². The molecule has 1 atom stereocenters. The standard InChI is InChI=1S/C25H17BrFNO3/c1-2-14-3-10-18(11-4-14)28-22(15-5-7-16(26)8-6-15)21-23(29)19-13-17(27)9-12-20(19)31-24(21)25(28)30/h3-13,22H,2H2,1H3. The van der Waals surface area contributed by atoms with Crippen LogP contribution in [0.1, 0.15) is 40.2 Å². The van der Waals surface area contributed by atoms with Crippen LogP contribution in [-0.4, -0.2) is 5.91 Å². The van der Waals surface area contributed by atoms with E-state index in [1.54, 1.807) is 4.90 Å². The number of anilines is 1. The highest BCUT2D eigenvalue weighted by atomic mass is 79.9. The van der Waals surface area contributed by atoms with Crippen LogP contribution in [0.4, 0.5) is 10.1 Å². The molecule has 3 aromatic carbocycles. The van der Waals surface area contributed by atoms with Crippen LogP contribution in [0.25, 0.3) is 11.0 Å². The summed E-state index contributed by atoms with van der Waals surface area (Å²) in [4.78, 5) is 28.5. The second-order valence-corrected chi connectivity index (χ2v) is 8.38. The van der Waals surface area contributed by atoms with Crippen LogP contribution >= 0.6 is 15.9 Å². The minimum Gasteiger partial charge on any atom is -0.450 e. The monoisotopic (exact) mass is 477 g/mol. The SMILES string of the molecule is CCc1ccc(N2C(=O)c3oc4ccc(F)cc4c(=O)c3C2c2ccc(Br)cc2)cc1. The van der Waals surface area contributed by atoms with Crippen LogP contribution in [0.5, 0.6) is 0 Å². The van der Waals surface area contributed by atoms with Crippen LogP contribution in [-0.2, 0) is 6.42 Å². The van der Waals surface area contributed by atoms with Crippen LogP contribution in [0.3, 0.4) is 0 Å². The number of hydrogen-bond donors (Lipinski definition) is 0. The number of benzene rings is 3. The number of nitrogens with zero attached hydrogens (tertiary/aromatic N) is 1. The topological polar surface area (TPSA) is 50.5 Å². The number of amides is 1. The van der Waals surface area contributed by atoms with E-state index in [1.165, 1.54) is 12.1 Å². The van der Waals surface area contributed by atoms with Crippen molar-refractivity contribution >= 4 is 38.5 Å². The predicted octanol–water partition coefficient (Wildman–Crippen LogP) is 6.01. The lowest BCUT2D eigenvalue weighted by Crippen LogP contribution is -2.29. The molecule has 0 bridgehead atoms. The Morgan fingerprint density at radius 2 is 1.71 bits per heavy atom. The fraction of sp³-hybridized carbons (Fsp3) is 0.120. The summed E-state index contributed by atoms with van der Waals surface area (Å²) in [6.45, 7) is 2.06. The Morgan fingerprint density at radius 1 is 1.00 bits per heavy atom. The van der Waals surface area contributed by atoms with Crippen molar-refractivity contribution in [2.45, 2.75) is 19.4 Å². The summed E-state index contributed by atoms with van der Waals surface area (Å²) in [5.41, 5.74) is 2.59. The van der Waals surface area contributed by atoms with Crippen molar-refractivity contribution in [3.63, 3.8) is 0 Å². The van der Waals surface area contributed by atoms with E-state index in [-0.39, 0.29) is 22.3 Å². The summed E-state index contributed by atoms with van der Waals surface area (Å²) in [6, 6.07) is 18.2.